The van der Waals surface area contributed by atoms with Gasteiger partial charge in [0, 0.05) is 31.3 Å². The van der Waals surface area contributed by atoms with Gasteiger partial charge in [0.1, 0.15) is 5.82 Å². The van der Waals surface area contributed by atoms with Gasteiger partial charge in [-0.25, -0.2) is 13.4 Å². The summed E-state index contributed by atoms with van der Waals surface area (Å²) in [5.74, 6) is 0.354. The molecular weight excluding hydrogens is 402 g/mol. The molecule has 2 heterocycles. The van der Waals surface area contributed by atoms with E-state index in [0.29, 0.717) is 31.6 Å². The van der Waals surface area contributed by atoms with Crippen LogP contribution in [0.2, 0.25) is 0 Å². The van der Waals surface area contributed by atoms with Crippen molar-refractivity contribution in [2.24, 2.45) is 5.73 Å². The second-order valence-corrected chi connectivity index (χ2v) is 9.38. The molecule has 4 rings (SSSR count). The standard InChI is InChI=1S/C22H23N3O4S/c1-16-24-11-12-25(16)18-5-7-19(8-6-18)30(27,28)20-4-2-3-17(15-20)22(21(23)26)9-13-29-14-10-22/h2-8,11-12,15H,9-10,13-14H2,1H3,(H2,23,26). The molecule has 30 heavy (non-hydrogen) atoms. The van der Waals surface area contributed by atoms with Gasteiger partial charge in [-0.3, -0.25) is 4.79 Å². The summed E-state index contributed by atoms with van der Waals surface area (Å²) in [6, 6.07) is 13.2. The quantitative estimate of drug-likeness (QED) is 0.676. The highest BCUT2D eigenvalue weighted by Gasteiger charge is 2.40. The van der Waals surface area contributed by atoms with Crippen molar-refractivity contribution in [1.29, 1.82) is 0 Å². The molecule has 0 atom stereocenters. The van der Waals surface area contributed by atoms with Gasteiger partial charge in [0.25, 0.3) is 0 Å². The lowest BCUT2D eigenvalue weighted by molar-refractivity contribution is -0.127. The molecule has 3 aromatic rings. The van der Waals surface area contributed by atoms with Gasteiger partial charge in [-0.1, -0.05) is 12.1 Å². The molecule has 1 aromatic heterocycles. The summed E-state index contributed by atoms with van der Waals surface area (Å²) in [6.07, 6.45) is 4.38. The minimum absolute atomic E-state index is 0.138. The lowest BCUT2D eigenvalue weighted by atomic mass is 9.73. The molecular formula is C22H23N3O4S. The van der Waals surface area contributed by atoms with E-state index in [1.54, 1.807) is 54.7 Å². The van der Waals surface area contributed by atoms with E-state index in [1.807, 2.05) is 17.7 Å². The summed E-state index contributed by atoms with van der Waals surface area (Å²) in [7, 11) is -3.76. The van der Waals surface area contributed by atoms with E-state index < -0.39 is 21.2 Å². The number of nitrogens with zero attached hydrogens (tertiary/aromatic N) is 2. The maximum absolute atomic E-state index is 13.2. The predicted molar refractivity (Wildman–Crippen MR) is 111 cm³/mol. The van der Waals surface area contributed by atoms with Crippen LogP contribution in [0.4, 0.5) is 0 Å². The molecule has 1 saturated heterocycles. The second kappa shape index (κ2) is 7.70. The van der Waals surface area contributed by atoms with Crippen molar-refractivity contribution in [3.8, 4) is 5.69 Å². The van der Waals surface area contributed by atoms with E-state index in [-0.39, 0.29) is 9.79 Å². The van der Waals surface area contributed by atoms with Crippen molar-refractivity contribution >= 4 is 15.7 Å². The predicted octanol–water partition coefficient (Wildman–Crippen LogP) is 2.55. The molecule has 0 radical (unpaired) electrons. The number of carbonyl (C=O) groups excluding carboxylic acids is 1. The first-order chi connectivity index (χ1) is 14.3. The van der Waals surface area contributed by atoms with Gasteiger partial charge in [0.05, 0.1) is 15.2 Å². The van der Waals surface area contributed by atoms with Gasteiger partial charge >= 0.3 is 0 Å². The number of ether oxygens (including phenoxy) is 1. The molecule has 1 aliphatic rings. The fourth-order valence-corrected chi connectivity index (χ4v) is 5.24. The van der Waals surface area contributed by atoms with Crippen LogP contribution >= 0.6 is 0 Å². The van der Waals surface area contributed by atoms with Crippen molar-refractivity contribution < 1.29 is 17.9 Å². The van der Waals surface area contributed by atoms with Crippen LogP contribution in [0.5, 0.6) is 0 Å². The van der Waals surface area contributed by atoms with Crippen LogP contribution < -0.4 is 5.73 Å². The number of carbonyl (C=O) groups is 1. The molecule has 156 valence electrons. The van der Waals surface area contributed by atoms with Crippen molar-refractivity contribution in [3.05, 3.63) is 72.3 Å². The summed E-state index contributed by atoms with van der Waals surface area (Å²) in [6.45, 7) is 2.70. The molecule has 0 bridgehead atoms. The maximum atomic E-state index is 13.2. The highest BCUT2D eigenvalue weighted by Crippen LogP contribution is 2.36. The normalized spacial score (nSPS) is 16.3. The third-order valence-corrected chi connectivity index (χ3v) is 7.53. The summed E-state index contributed by atoms with van der Waals surface area (Å²) in [4.78, 5) is 16.8. The Morgan fingerprint density at radius 3 is 2.40 bits per heavy atom. The average Bonchev–Trinajstić information content (AvgIpc) is 3.20. The Morgan fingerprint density at radius 1 is 1.10 bits per heavy atom. The number of amides is 1. The highest BCUT2D eigenvalue weighted by atomic mass is 32.2. The Hall–Kier alpha value is -2.97. The minimum Gasteiger partial charge on any atom is -0.381 e. The van der Waals surface area contributed by atoms with E-state index in [9.17, 15) is 13.2 Å². The second-order valence-electron chi connectivity index (χ2n) is 7.43. The van der Waals surface area contributed by atoms with Crippen LogP contribution in [-0.4, -0.2) is 37.1 Å². The minimum atomic E-state index is -3.76. The average molecular weight is 426 g/mol. The van der Waals surface area contributed by atoms with Gasteiger partial charge in [-0.05, 0) is 61.7 Å². The first-order valence-corrected chi connectivity index (χ1v) is 11.2. The van der Waals surface area contributed by atoms with E-state index in [1.165, 1.54) is 0 Å². The summed E-state index contributed by atoms with van der Waals surface area (Å²) in [5.41, 5.74) is 6.26. The van der Waals surface area contributed by atoms with E-state index in [2.05, 4.69) is 4.98 Å². The van der Waals surface area contributed by atoms with Crippen molar-refractivity contribution in [3.63, 3.8) is 0 Å². The maximum Gasteiger partial charge on any atom is 0.228 e. The van der Waals surface area contributed by atoms with Crippen LogP contribution in [0.15, 0.2) is 70.7 Å². The number of primary amides is 1. The molecule has 0 aliphatic carbocycles. The smallest absolute Gasteiger partial charge is 0.228 e. The zero-order valence-corrected chi connectivity index (χ0v) is 17.4. The van der Waals surface area contributed by atoms with E-state index in [0.717, 1.165) is 11.5 Å². The molecule has 8 heteroatoms. The number of hydrogen-bond donors (Lipinski definition) is 1. The Kier molecular flexibility index (Phi) is 5.21. The Morgan fingerprint density at radius 2 is 1.80 bits per heavy atom. The molecule has 0 saturated carbocycles. The van der Waals surface area contributed by atoms with E-state index in [4.69, 9.17) is 10.5 Å². The van der Waals surface area contributed by atoms with Crippen LogP contribution in [-0.2, 0) is 24.8 Å². The van der Waals surface area contributed by atoms with Crippen LogP contribution in [0, 0.1) is 6.92 Å². The Labute approximate surface area is 175 Å². The Balaban J connectivity index is 1.71. The fraction of sp³-hybridized carbons (Fsp3) is 0.273. The third-order valence-electron chi connectivity index (χ3n) is 5.77. The van der Waals surface area contributed by atoms with Crippen LogP contribution in [0.25, 0.3) is 5.69 Å². The zero-order chi connectivity index (χ0) is 21.4. The largest absolute Gasteiger partial charge is 0.381 e. The summed E-state index contributed by atoms with van der Waals surface area (Å²) in [5, 5.41) is 0. The first kappa shape index (κ1) is 20.3. The van der Waals surface area contributed by atoms with Crippen LogP contribution in [0.1, 0.15) is 24.2 Å². The van der Waals surface area contributed by atoms with Gasteiger partial charge in [-0.2, -0.15) is 0 Å². The fourth-order valence-electron chi connectivity index (χ4n) is 3.93. The van der Waals surface area contributed by atoms with Crippen LogP contribution in [0.3, 0.4) is 0 Å². The number of sulfone groups is 1. The molecule has 2 N–H and O–H groups in total. The Bertz CT molecular complexity index is 1180. The molecule has 1 aliphatic heterocycles. The number of aromatic nitrogens is 2. The van der Waals surface area contributed by atoms with E-state index >= 15 is 0 Å². The molecule has 0 spiro atoms. The van der Waals surface area contributed by atoms with Gasteiger partial charge in [0.15, 0.2) is 0 Å². The number of hydrogen-bond acceptors (Lipinski definition) is 5. The zero-order valence-electron chi connectivity index (χ0n) is 16.6. The van der Waals surface area contributed by atoms with Gasteiger partial charge < -0.3 is 15.0 Å². The number of rotatable bonds is 5. The van der Waals surface area contributed by atoms with Crippen molar-refractivity contribution in [1.82, 2.24) is 9.55 Å². The molecule has 7 nitrogen and oxygen atoms in total. The number of nitrogens with two attached hydrogens (primary N) is 1. The summed E-state index contributed by atoms with van der Waals surface area (Å²) < 4.78 is 33.8. The van der Waals surface area contributed by atoms with Crippen molar-refractivity contribution in [2.75, 3.05) is 13.2 Å². The molecule has 1 amide bonds. The number of benzene rings is 2. The molecule has 2 aromatic carbocycles. The highest BCUT2D eigenvalue weighted by molar-refractivity contribution is 7.91. The topological polar surface area (TPSA) is 104 Å². The lowest BCUT2D eigenvalue weighted by Crippen LogP contribution is -2.45. The third kappa shape index (κ3) is 3.42. The molecule has 0 unspecified atom stereocenters. The SMILES string of the molecule is Cc1nccn1-c1ccc(S(=O)(=O)c2cccc(C3(C(N)=O)CCOCC3)c2)cc1. The molecule has 1 fully saturated rings. The number of imidazole rings is 1. The lowest BCUT2D eigenvalue weighted by Gasteiger charge is -2.34. The first-order valence-electron chi connectivity index (χ1n) is 9.68. The number of aryl methyl sites for hydroxylation is 1. The summed E-state index contributed by atoms with van der Waals surface area (Å²) >= 11 is 0. The monoisotopic (exact) mass is 425 g/mol. The van der Waals surface area contributed by atoms with Gasteiger partial charge in [0.2, 0.25) is 15.7 Å². The van der Waals surface area contributed by atoms with Gasteiger partial charge in [-0.15, -0.1) is 0 Å². The van der Waals surface area contributed by atoms with Crippen molar-refractivity contribution in [2.45, 2.75) is 35.0 Å².